The number of aromatic nitrogens is 2. The predicted molar refractivity (Wildman–Crippen MR) is 150 cm³/mol. The lowest BCUT2D eigenvalue weighted by Gasteiger charge is -2.15. The van der Waals surface area contributed by atoms with Crippen LogP contribution in [0.5, 0.6) is 11.5 Å². The molecule has 2 aromatic heterocycles. The van der Waals surface area contributed by atoms with E-state index in [9.17, 15) is 9.59 Å². The fourth-order valence-electron chi connectivity index (χ4n) is 4.27. The van der Waals surface area contributed by atoms with E-state index in [0.717, 1.165) is 36.8 Å². The number of anilines is 1. The molecule has 0 spiro atoms. The molecule has 1 saturated heterocycles. The van der Waals surface area contributed by atoms with Crippen LogP contribution in [0, 0.1) is 6.92 Å². The number of benzene rings is 1. The molecule has 2 aliphatic heterocycles. The fourth-order valence-corrected chi connectivity index (χ4v) is 5.51. The molecule has 8 nitrogen and oxygen atoms in total. The van der Waals surface area contributed by atoms with E-state index in [1.165, 1.54) is 21.1 Å². The summed E-state index contributed by atoms with van der Waals surface area (Å²) in [6.45, 7) is 5.27. The molecule has 0 saturated carbocycles. The number of thiocarbonyl (C=S) groups is 1. The first kappa shape index (κ1) is 25.3. The number of ether oxygens (including phenoxy) is 2. The highest BCUT2D eigenvalue weighted by Crippen LogP contribution is 2.36. The molecule has 3 aromatic rings. The SMILES string of the molecule is CCCCCCNc1nc2ccc(C)cn2c(=O)c1/C=C1/SC(=S)N(Cc2ccc3c(c2)OCO3)C1=O. The molecule has 192 valence electrons. The zero-order valence-corrected chi connectivity index (χ0v) is 22.4. The van der Waals surface area contributed by atoms with E-state index in [2.05, 4.69) is 12.2 Å². The Bertz CT molecular complexity index is 1470. The first-order valence-corrected chi connectivity index (χ1v) is 13.6. The van der Waals surface area contributed by atoms with E-state index in [-0.39, 0.29) is 18.3 Å². The summed E-state index contributed by atoms with van der Waals surface area (Å²) in [6, 6.07) is 9.32. The van der Waals surface area contributed by atoms with Crippen LogP contribution in [-0.4, -0.2) is 37.8 Å². The topological polar surface area (TPSA) is 85.2 Å². The predicted octanol–water partition coefficient (Wildman–Crippen LogP) is 5.13. The third kappa shape index (κ3) is 5.35. The summed E-state index contributed by atoms with van der Waals surface area (Å²) >= 11 is 6.73. The van der Waals surface area contributed by atoms with Gasteiger partial charge in [-0.05, 0) is 48.7 Å². The number of hydrogen-bond donors (Lipinski definition) is 1. The van der Waals surface area contributed by atoms with Gasteiger partial charge in [0.25, 0.3) is 11.5 Å². The third-order valence-corrected chi connectivity index (χ3v) is 7.63. The summed E-state index contributed by atoms with van der Waals surface area (Å²) in [4.78, 5) is 33.6. The van der Waals surface area contributed by atoms with E-state index < -0.39 is 0 Å². The van der Waals surface area contributed by atoms with Crippen LogP contribution in [0.3, 0.4) is 0 Å². The number of amides is 1. The molecule has 2 aliphatic rings. The third-order valence-electron chi connectivity index (χ3n) is 6.25. The number of carbonyl (C=O) groups excluding carboxylic acids is 1. The maximum absolute atomic E-state index is 13.5. The van der Waals surface area contributed by atoms with Gasteiger partial charge < -0.3 is 14.8 Å². The fraction of sp³-hybridized carbons (Fsp3) is 0.333. The first-order valence-electron chi connectivity index (χ1n) is 12.4. The van der Waals surface area contributed by atoms with Gasteiger partial charge in [0, 0.05) is 12.7 Å². The second-order valence-electron chi connectivity index (χ2n) is 9.06. The summed E-state index contributed by atoms with van der Waals surface area (Å²) in [5, 5.41) is 3.33. The van der Waals surface area contributed by atoms with Crippen molar-refractivity contribution in [3.8, 4) is 11.5 Å². The Morgan fingerprint density at radius 2 is 1.97 bits per heavy atom. The molecule has 1 fully saturated rings. The monoisotopic (exact) mass is 536 g/mol. The van der Waals surface area contributed by atoms with Crippen molar-refractivity contribution in [1.29, 1.82) is 0 Å². The molecule has 1 N–H and O–H groups in total. The number of aryl methyl sites for hydroxylation is 1. The summed E-state index contributed by atoms with van der Waals surface area (Å²) in [7, 11) is 0. The minimum Gasteiger partial charge on any atom is -0.454 e. The van der Waals surface area contributed by atoms with Gasteiger partial charge in [0.05, 0.1) is 17.0 Å². The number of unbranched alkanes of at least 4 members (excludes halogenated alkanes) is 3. The quantitative estimate of drug-likeness (QED) is 0.229. The summed E-state index contributed by atoms with van der Waals surface area (Å²) < 4.78 is 12.8. The minimum absolute atomic E-state index is 0.187. The van der Waals surface area contributed by atoms with E-state index in [1.807, 2.05) is 37.3 Å². The van der Waals surface area contributed by atoms with Gasteiger partial charge in [-0.3, -0.25) is 18.9 Å². The Kier molecular flexibility index (Phi) is 7.48. The highest BCUT2D eigenvalue weighted by Gasteiger charge is 2.33. The molecular formula is C27H28N4O4S2. The second kappa shape index (κ2) is 10.9. The zero-order chi connectivity index (χ0) is 25.9. The van der Waals surface area contributed by atoms with Gasteiger partial charge in [-0.25, -0.2) is 4.98 Å². The Morgan fingerprint density at radius 1 is 1.14 bits per heavy atom. The standard InChI is InChI=1S/C27H28N4O4S2/c1-3-4-5-6-11-28-24-19(25(32)30-14-17(2)7-10-23(30)29-24)13-22-26(33)31(27(36)37-22)15-18-8-9-20-21(12-18)35-16-34-20/h7-10,12-14,28H,3-6,11,15-16H2,1-2H3/b22-13+. The maximum Gasteiger partial charge on any atom is 0.267 e. The molecule has 0 atom stereocenters. The van der Waals surface area contributed by atoms with Crippen LogP contribution in [0.4, 0.5) is 5.82 Å². The van der Waals surface area contributed by atoms with Crippen LogP contribution in [0.15, 0.2) is 46.2 Å². The second-order valence-corrected chi connectivity index (χ2v) is 10.7. The summed E-state index contributed by atoms with van der Waals surface area (Å²) in [5.41, 5.74) is 2.49. The van der Waals surface area contributed by atoms with Crippen molar-refractivity contribution in [2.24, 2.45) is 0 Å². The van der Waals surface area contributed by atoms with Crippen molar-refractivity contribution >= 4 is 51.7 Å². The number of pyridine rings is 1. The van der Waals surface area contributed by atoms with Crippen LogP contribution in [0.1, 0.15) is 49.3 Å². The van der Waals surface area contributed by atoms with Gasteiger partial charge in [0.15, 0.2) is 11.5 Å². The molecule has 5 rings (SSSR count). The van der Waals surface area contributed by atoms with Gasteiger partial charge in [0.1, 0.15) is 15.8 Å². The molecule has 0 aliphatic carbocycles. The van der Waals surface area contributed by atoms with E-state index in [1.54, 1.807) is 12.3 Å². The Hall–Kier alpha value is -3.37. The highest BCUT2D eigenvalue weighted by atomic mass is 32.2. The smallest absolute Gasteiger partial charge is 0.267 e. The number of carbonyl (C=O) groups is 1. The highest BCUT2D eigenvalue weighted by molar-refractivity contribution is 8.26. The van der Waals surface area contributed by atoms with Gasteiger partial charge in [0.2, 0.25) is 6.79 Å². The summed E-state index contributed by atoms with van der Waals surface area (Å²) in [6.07, 6.45) is 7.76. The normalized spacial score (nSPS) is 15.8. The van der Waals surface area contributed by atoms with E-state index >= 15 is 0 Å². The van der Waals surface area contributed by atoms with E-state index in [4.69, 9.17) is 26.7 Å². The van der Waals surface area contributed by atoms with Crippen molar-refractivity contribution in [2.75, 3.05) is 18.7 Å². The molecule has 10 heteroatoms. The number of hydrogen-bond acceptors (Lipinski definition) is 8. The Labute approximate surface area is 224 Å². The average Bonchev–Trinajstić information content (AvgIpc) is 3.46. The average molecular weight is 537 g/mol. The van der Waals surface area contributed by atoms with Crippen molar-refractivity contribution in [3.05, 3.63) is 68.5 Å². The molecular weight excluding hydrogens is 508 g/mol. The number of fused-ring (bicyclic) bond motifs is 2. The first-order chi connectivity index (χ1) is 17.9. The van der Waals surface area contributed by atoms with Crippen LogP contribution < -0.4 is 20.3 Å². The molecule has 0 bridgehead atoms. The van der Waals surface area contributed by atoms with Gasteiger partial charge in [-0.1, -0.05) is 62.3 Å². The van der Waals surface area contributed by atoms with Crippen LogP contribution in [-0.2, 0) is 11.3 Å². The Morgan fingerprint density at radius 3 is 2.81 bits per heavy atom. The molecule has 0 radical (unpaired) electrons. The molecule has 1 amide bonds. The lowest BCUT2D eigenvalue weighted by Crippen LogP contribution is -2.27. The van der Waals surface area contributed by atoms with Gasteiger partial charge in [-0.2, -0.15) is 0 Å². The van der Waals surface area contributed by atoms with Crippen molar-refractivity contribution in [2.45, 2.75) is 46.1 Å². The Balaban J connectivity index is 1.44. The lowest BCUT2D eigenvalue weighted by atomic mass is 10.2. The van der Waals surface area contributed by atoms with Gasteiger partial charge in [-0.15, -0.1) is 0 Å². The molecule has 1 aromatic carbocycles. The number of rotatable bonds is 9. The maximum atomic E-state index is 13.5. The number of nitrogens with one attached hydrogen (secondary N) is 1. The molecule has 37 heavy (non-hydrogen) atoms. The lowest BCUT2D eigenvalue weighted by molar-refractivity contribution is -0.122. The van der Waals surface area contributed by atoms with Crippen LogP contribution >= 0.6 is 24.0 Å². The van der Waals surface area contributed by atoms with Gasteiger partial charge >= 0.3 is 0 Å². The van der Waals surface area contributed by atoms with Crippen LogP contribution in [0.2, 0.25) is 0 Å². The minimum atomic E-state index is -0.240. The van der Waals surface area contributed by atoms with Crippen LogP contribution in [0.25, 0.3) is 11.7 Å². The largest absolute Gasteiger partial charge is 0.454 e. The number of thioether (sulfide) groups is 1. The van der Waals surface area contributed by atoms with Crippen molar-refractivity contribution in [1.82, 2.24) is 14.3 Å². The molecule has 4 heterocycles. The number of nitrogens with zero attached hydrogens (tertiary/aromatic N) is 3. The molecule has 0 unspecified atom stereocenters. The van der Waals surface area contributed by atoms with Crippen molar-refractivity contribution < 1.29 is 14.3 Å². The van der Waals surface area contributed by atoms with E-state index in [0.29, 0.717) is 50.8 Å². The summed E-state index contributed by atoms with van der Waals surface area (Å²) in [5.74, 6) is 1.57. The van der Waals surface area contributed by atoms with Crippen molar-refractivity contribution in [3.63, 3.8) is 0 Å². The zero-order valence-electron chi connectivity index (χ0n) is 20.8.